The van der Waals surface area contributed by atoms with Gasteiger partial charge in [0.1, 0.15) is 6.04 Å². The lowest BCUT2D eigenvalue weighted by Crippen LogP contribution is -2.47. The van der Waals surface area contributed by atoms with Gasteiger partial charge in [-0.25, -0.2) is 5.43 Å². The minimum Gasteiger partial charge on any atom is -0.380 e. The summed E-state index contributed by atoms with van der Waals surface area (Å²) >= 11 is 0. The first-order valence-electron chi connectivity index (χ1n) is 8.74. The average Bonchev–Trinajstić information content (AvgIpc) is 3.29. The smallest absolute Gasteiger partial charge is 0.238 e. The molecule has 2 aliphatic rings. The molecule has 0 spiro atoms. The molecule has 1 amide bonds. The van der Waals surface area contributed by atoms with Crippen LogP contribution in [0.25, 0.3) is 0 Å². The van der Waals surface area contributed by atoms with Crippen LogP contribution >= 0.6 is 0 Å². The highest BCUT2D eigenvalue weighted by Gasteiger charge is 2.38. The molecule has 1 heterocycles. The SMILES string of the molecule is CC(C)C(CNC(=O)C1CC(C2CC2)NN1)Nc1ccccc1. The molecule has 0 aromatic heterocycles. The van der Waals surface area contributed by atoms with Crippen LogP contribution in [0.1, 0.15) is 33.1 Å². The molecule has 1 saturated heterocycles. The van der Waals surface area contributed by atoms with E-state index in [1.54, 1.807) is 0 Å². The second-order valence-corrected chi connectivity index (χ2v) is 7.13. The molecule has 3 rings (SSSR count). The van der Waals surface area contributed by atoms with E-state index < -0.39 is 0 Å². The summed E-state index contributed by atoms with van der Waals surface area (Å²) in [7, 11) is 0. The molecule has 3 atom stereocenters. The van der Waals surface area contributed by atoms with Crippen molar-refractivity contribution < 1.29 is 4.79 Å². The van der Waals surface area contributed by atoms with Gasteiger partial charge < -0.3 is 10.6 Å². The molecule has 1 aliphatic carbocycles. The van der Waals surface area contributed by atoms with Crippen molar-refractivity contribution in [3.63, 3.8) is 0 Å². The fourth-order valence-corrected chi connectivity index (χ4v) is 3.10. The van der Waals surface area contributed by atoms with E-state index in [2.05, 4.69) is 47.5 Å². The highest BCUT2D eigenvalue weighted by Crippen LogP contribution is 2.35. The highest BCUT2D eigenvalue weighted by atomic mass is 16.2. The predicted molar refractivity (Wildman–Crippen MR) is 92.9 cm³/mol. The summed E-state index contributed by atoms with van der Waals surface area (Å²) < 4.78 is 0. The van der Waals surface area contributed by atoms with E-state index in [0.717, 1.165) is 18.0 Å². The summed E-state index contributed by atoms with van der Waals surface area (Å²) in [4.78, 5) is 12.4. The van der Waals surface area contributed by atoms with E-state index in [1.807, 2.05) is 18.2 Å². The molecule has 1 aliphatic heterocycles. The molecule has 1 aromatic rings. The maximum absolute atomic E-state index is 12.4. The van der Waals surface area contributed by atoms with Gasteiger partial charge in [0.25, 0.3) is 0 Å². The zero-order valence-electron chi connectivity index (χ0n) is 14.0. The molecule has 2 fully saturated rings. The van der Waals surface area contributed by atoms with Crippen LogP contribution in [-0.2, 0) is 4.79 Å². The quantitative estimate of drug-likeness (QED) is 0.620. The number of carbonyl (C=O) groups is 1. The fourth-order valence-electron chi connectivity index (χ4n) is 3.10. The lowest BCUT2D eigenvalue weighted by Gasteiger charge is -2.24. The number of para-hydroxylation sites is 1. The fraction of sp³-hybridized carbons (Fsp3) is 0.611. The normalized spacial score (nSPS) is 25.3. The van der Waals surface area contributed by atoms with Crippen LogP contribution in [0.15, 0.2) is 30.3 Å². The average molecular weight is 316 g/mol. The summed E-state index contributed by atoms with van der Waals surface area (Å²) in [5.74, 6) is 1.30. The lowest BCUT2D eigenvalue weighted by molar-refractivity contribution is -0.122. The second kappa shape index (κ2) is 7.32. The Morgan fingerprint density at radius 3 is 2.61 bits per heavy atom. The molecule has 4 N–H and O–H groups in total. The topological polar surface area (TPSA) is 65.2 Å². The molecular weight excluding hydrogens is 288 g/mol. The highest BCUT2D eigenvalue weighted by molar-refractivity contribution is 5.82. The zero-order chi connectivity index (χ0) is 16.2. The number of nitrogens with one attached hydrogen (secondary N) is 4. The molecule has 5 nitrogen and oxygen atoms in total. The zero-order valence-corrected chi connectivity index (χ0v) is 14.0. The molecule has 1 aromatic carbocycles. The number of hydrazine groups is 1. The molecule has 0 radical (unpaired) electrons. The summed E-state index contributed by atoms with van der Waals surface area (Å²) in [6.45, 7) is 4.98. The summed E-state index contributed by atoms with van der Waals surface area (Å²) in [5, 5.41) is 6.61. The summed E-state index contributed by atoms with van der Waals surface area (Å²) in [6, 6.07) is 10.7. The van der Waals surface area contributed by atoms with Crippen molar-refractivity contribution in [3.8, 4) is 0 Å². The molecule has 3 unspecified atom stereocenters. The summed E-state index contributed by atoms with van der Waals surface area (Å²) in [5.41, 5.74) is 7.51. The van der Waals surface area contributed by atoms with Gasteiger partial charge in [0.2, 0.25) is 5.91 Å². The van der Waals surface area contributed by atoms with Gasteiger partial charge in [0.15, 0.2) is 0 Å². The molecule has 126 valence electrons. The van der Waals surface area contributed by atoms with Crippen molar-refractivity contribution in [2.75, 3.05) is 11.9 Å². The number of rotatable bonds is 7. The first-order chi connectivity index (χ1) is 11.1. The number of benzene rings is 1. The Hall–Kier alpha value is -1.59. The third-order valence-corrected chi connectivity index (χ3v) is 4.87. The van der Waals surface area contributed by atoms with E-state index in [-0.39, 0.29) is 18.0 Å². The van der Waals surface area contributed by atoms with Crippen molar-refractivity contribution in [1.82, 2.24) is 16.2 Å². The first kappa shape index (κ1) is 16.3. The van der Waals surface area contributed by atoms with Gasteiger partial charge in [0.05, 0.1) is 0 Å². The maximum Gasteiger partial charge on any atom is 0.238 e. The van der Waals surface area contributed by atoms with Gasteiger partial charge in [-0.1, -0.05) is 32.0 Å². The molecule has 0 bridgehead atoms. The van der Waals surface area contributed by atoms with Crippen LogP contribution in [0.2, 0.25) is 0 Å². The van der Waals surface area contributed by atoms with E-state index >= 15 is 0 Å². The van der Waals surface area contributed by atoms with Crippen molar-refractivity contribution in [2.45, 2.75) is 51.2 Å². The number of hydrogen-bond donors (Lipinski definition) is 4. The van der Waals surface area contributed by atoms with E-state index in [0.29, 0.717) is 18.5 Å². The van der Waals surface area contributed by atoms with Crippen LogP contribution in [0.4, 0.5) is 5.69 Å². The molecule has 5 heteroatoms. The van der Waals surface area contributed by atoms with E-state index in [4.69, 9.17) is 0 Å². The Balaban J connectivity index is 1.47. The van der Waals surface area contributed by atoms with Gasteiger partial charge in [-0.15, -0.1) is 0 Å². The Morgan fingerprint density at radius 2 is 1.96 bits per heavy atom. The number of carbonyl (C=O) groups excluding carboxylic acids is 1. The van der Waals surface area contributed by atoms with Gasteiger partial charge in [0, 0.05) is 24.3 Å². The van der Waals surface area contributed by atoms with Crippen molar-refractivity contribution in [1.29, 1.82) is 0 Å². The Morgan fingerprint density at radius 1 is 1.22 bits per heavy atom. The van der Waals surface area contributed by atoms with Gasteiger partial charge in [-0.3, -0.25) is 10.2 Å². The number of amides is 1. The molecular formula is C18H28N4O. The third kappa shape index (κ3) is 4.45. The summed E-state index contributed by atoms with van der Waals surface area (Å²) in [6.07, 6.45) is 3.49. The third-order valence-electron chi connectivity index (χ3n) is 4.87. The van der Waals surface area contributed by atoms with Gasteiger partial charge >= 0.3 is 0 Å². The Bertz CT molecular complexity index is 515. The minimum absolute atomic E-state index is 0.0983. The Labute approximate surface area is 138 Å². The van der Waals surface area contributed by atoms with Crippen molar-refractivity contribution >= 4 is 11.6 Å². The number of hydrogen-bond acceptors (Lipinski definition) is 4. The van der Waals surface area contributed by atoms with Crippen molar-refractivity contribution in [2.24, 2.45) is 11.8 Å². The van der Waals surface area contributed by atoms with E-state index in [9.17, 15) is 4.79 Å². The van der Waals surface area contributed by atoms with Crippen LogP contribution in [0, 0.1) is 11.8 Å². The van der Waals surface area contributed by atoms with Gasteiger partial charge in [-0.05, 0) is 43.2 Å². The Kier molecular flexibility index (Phi) is 5.18. The predicted octanol–water partition coefficient (Wildman–Crippen LogP) is 1.88. The standard InChI is InChI=1S/C18H28N4O/c1-12(2)17(20-14-6-4-3-5-7-14)11-19-18(23)16-10-15(21-22-16)13-8-9-13/h3-7,12-13,15-17,20-22H,8-11H2,1-2H3,(H,19,23). The second-order valence-electron chi connectivity index (χ2n) is 7.13. The minimum atomic E-state index is -0.106. The largest absolute Gasteiger partial charge is 0.380 e. The lowest BCUT2D eigenvalue weighted by atomic mass is 10.0. The van der Waals surface area contributed by atoms with Crippen molar-refractivity contribution in [3.05, 3.63) is 30.3 Å². The molecule has 23 heavy (non-hydrogen) atoms. The van der Waals surface area contributed by atoms with Crippen LogP contribution in [0.5, 0.6) is 0 Å². The first-order valence-corrected chi connectivity index (χ1v) is 8.74. The van der Waals surface area contributed by atoms with E-state index in [1.165, 1.54) is 12.8 Å². The van der Waals surface area contributed by atoms with Crippen LogP contribution in [-0.4, -0.2) is 30.6 Å². The maximum atomic E-state index is 12.4. The monoisotopic (exact) mass is 316 g/mol. The van der Waals surface area contributed by atoms with Crippen LogP contribution in [0.3, 0.4) is 0 Å². The van der Waals surface area contributed by atoms with Gasteiger partial charge in [-0.2, -0.15) is 0 Å². The van der Waals surface area contributed by atoms with Crippen LogP contribution < -0.4 is 21.5 Å². The number of anilines is 1. The molecule has 1 saturated carbocycles.